The average Bonchev–Trinajstić information content (AvgIpc) is 2.27. The number of amides is 1. The Balaban J connectivity index is 2.73. The molecule has 1 saturated heterocycles. The van der Waals surface area contributed by atoms with Crippen LogP contribution in [0.25, 0.3) is 0 Å². The van der Waals surface area contributed by atoms with Gasteiger partial charge < -0.3 is 10.0 Å². The van der Waals surface area contributed by atoms with E-state index in [1.807, 2.05) is 18.7 Å². The highest BCUT2D eigenvalue weighted by Gasteiger charge is 2.40. The number of carboxylic acids is 1. The molecule has 0 spiro atoms. The monoisotopic (exact) mass is 241 g/mol. The van der Waals surface area contributed by atoms with Crippen LogP contribution >= 0.6 is 0 Å². The first kappa shape index (κ1) is 14.0. The van der Waals surface area contributed by atoms with Crippen molar-refractivity contribution in [1.29, 1.82) is 0 Å². The Labute approximate surface area is 103 Å². The molecule has 0 aliphatic carbocycles. The Morgan fingerprint density at radius 3 is 2.41 bits per heavy atom. The van der Waals surface area contributed by atoms with E-state index in [0.29, 0.717) is 6.54 Å². The second-order valence-corrected chi connectivity index (χ2v) is 5.80. The van der Waals surface area contributed by atoms with Gasteiger partial charge in [0.15, 0.2) is 0 Å². The molecule has 4 nitrogen and oxygen atoms in total. The van der Waals surface area contributed by atoms with Gasteiger partial charge in [-0.15, -0.1) is 0 Å². The summed E-state index contributed by atoms with van der Waals surface area (Å²) in [5.74, 6) is -0.602. The van der Waals surface area contributed by atoms with Crippen molar-refractivity contribution in [2.24, 2.45) is 17.3 Å². The number of nitrogens with zero attached hydrogens (tertiary/aromatic N) is 1. The van der Waals surface area contributed by atoms with E-state index in [1.54, 1.807) is 13.8 Å². The molecule has 98 valence electrons. The van der Waals surface area contributed by atoms with Gasteiger partial charge in [-0.2, -0.15) is 0 Å². The molecule has 1 atom stereocenters. The molecule has 0 radical (unpaired) electrons. The Morgan fingerprint density at radius 1 is 1.35 bits per heavy atom. The first-order chi connectivity index (χ1) is 7.76. The van der Waals surface area contributed by atoms with E-state index in [4.69, 9.17) is 0 Å². The van der Waals surface area contributed by atoms with Crippen molar-refractivity contribution in [3.63, 3.8) is 0 Å². The summed E-state index contributed by atoms with van der Waals surface area (Å²) in [4.78, 5) is 25.0. The summed E-state index contributed by atoms with van der Waals surface area (Å²) in [6.07, 6.45) is 1.79. The van der Waals surface area contributed by atoms with E-state index in [-0.39, 0.29) is 17.7 Å². The molecular weight excluding hydrogens is 218 g/mol. The van der Waals surface area contributed by atoms with Gasteiger partial charge in [-0.3, -0.25) is 9.59 Å². The number of piperidine rings is 1. The fourth-order valence-electron chi connectivity index (χ4n) is 2.31. The summed E-state index contributed by atoms with van der Waals surface area (Å²) < 4.78 is 0. The minimum absolute atomic E-state index is 0.0123. The van der Waals surface area contributed by atoms with Crippen molar-refractivity contribution in [3.8, 4) is 0 Å². The lowest BCUT2D eigenvalue weighted by atomic mass is 9.74. The number of carbonyl (C=O) groups excluding carboxylic acids is 1. The van der Waals surface area contributed by atoms with Crippen LogP contribution in [-0.2, 0) is 9.59 Å². The first-order valence-corrected chi connectivity index (χ1v) is 6.29. The van der Waals surface area contributed by atoms with Crippen LogP contribution in [0.4, 0.5) is 0 Å². The molecule has 0 aromatic carbocycles. The summed E-state index contributed by atoms with van der Waals surface area (Å²) in [6.45, 7) is 8.62. The topological polar surface area (TPSA) is 57.6 Å². The van der Waals surface area contributed by atoms with Crippen LogP contribution in [0.1, 0.15) is 40.5 Å². The predicted molar refractivity (Wildman–Crippen MR) is 65.6 cm³/mol. The van der Waals surface area contributed by atoms with E-state index >= 15 is 0 Å². The van der Waals surface area contributed by atoms with Gasteiger partial charge >= 0.3 is 5.97 Å². The fourth-order valence-corrected chi connectivity index (χ4v) is 2.31. The molecule has 0 bridgehead atoms. The molecular formula is C13H23NO3. The maximum absolute atomic E-state index is 11.9. The lowest BCUT2D eigenvalue weighted by Gasteiger charge is -2.39. The maximum Gasteiger partial charge on any atom is 0.309 e. The molecule has 0 saturated carbocycles. The highest BCUT2D eigenvalue weighted by molar-refractivity contribution is 5.78. The number of aliphatic carboxylic acids is 1. The van der Waals surface area contributed by atoms with Crippen LogP contribution < -0.4 is 0 Å². The average molecular weight is 241 g/mol. The summed E-state index contributed by atoms with van der Waals surface area (Å²) in [6, 6.07) is 0. The molecule has 4 heteroatoms. The molecule has 1 rings (SSSR count). The lowest BCUT2D eigenvalue weighted by molar-refractivity contribution is -0.153. The SMILES string of the molecule is CC(C)C(=O)N1CCCC(C(C)(C)C(=O)O)C1. The predicted octanol–water partition coefficient (Wildman–Crippen LogP) is 1.99. The molecule has 1 fully saturated rings. The fraction of sp³-hybridized carbons (Fsp3) is 0.846. The molecule has 0 aromatic heterocycles. The Hall–Kier alpha value is -1.06. The normalized spacial score (nSPS) is 21.7. The van der Waals surface area contributed by atoms with Gasteiger partial charge in [0.05, 0.1) is 5.41 Å². The van der Waals surface area contributed by atoms with E-state index in [9.17, 15) is 14.7 Å². The molecule has 1 aliphatic heterocycles. The Bertz CT molecular complexity index is 310. The van der Waals surface area contributed by atoms with Gasteiger partial charge in [0.1, 0.15) is 0 Å². The zero-order valence-corrected chi connectivity index (χ0v) is 11.2. The molecule has 1 aliphatic rings. The van der Waals surface area contributed by atoms with Crippen molar-refractivity contribution in [3.05, 3.63) is 0 Å². The molecule has 17 heavy (non-hydrogen) atoms. The number of carbonyl (C=O) groups is 2. The highest BCUT2D eigenvalue weighted by atomic mass is 16.4. The number of rotatable bonds is 3. The molecule has 1 unspecified atom stereocenters. The van der Waals surface area contributed by atoms with Gasteiger partial charge in [0.25, 0.3) is 0 Å². The quantitative estimate of drug-likeness (QED) is 0.822. The summed E-state index contributed by atoms with van der Waals surface area (Å²) in [7, 11) is 0. The van der Waals surface area contributed by atoms with Gasteiger partial charge in [0.2, 0.25) is 5.91 Å². The first-order valence-electron chi connectivity index (χ1n) is 6.29. The Morgan fingerprint density at radius 2 is 1.94 bits per heavy atom. The van der Waals surface area contributed by atoms with E-state index in [0.717, 1.165) is 19.4 Å². The van der Waals surface area contributed by atoms with E-state index in [1.165, 1.54) is 0 Å². The van der Waals surface area contributed by atoms with Crippen molar-refractivity contribution >= 4 is 11.9 Å². The second-order valence-electron chi connectivity index (χ2n) is 5.80. The third-order valence-electron chi connectivity index (χ3n) is 3.80. The molecule has 1 N–H and O–H groups in total. The third kappa shape index (κ3) is 2.99. The lowest BCUT2D eigenvalue weighted by Crippen LogP contribution is -2.47. The van der Waals surface area contributed by atoms with Gasteiger partial charge in [0, 0.05) is 19.0 Å². The van der Waals surface area contributed by atoms with Crippen LogP contribution in [-0.4, -0.2) is 35.0 Å². The zero-order chi connectivity index (χ0) is 13.2. The number of carboxylic acid groups (broad SMARTS) is 1. The molecule has 1 amide bonds. The summed E-state index contributed by atoms with van der Waals surface area (Å²) in [5.41, 5.74) is -0.754. The number of hydrogen-bond donors (Lipinski definition) is 1. The second kappa shape index (κ2) is 5.07. The summed E-state index contributed by atoms with van der Waals surface area (Å²) in [5, 5.41) is 9.22. The number of hydrogen-bond acceptors (Lipinski definition) is 2. The van der Waals surface area contributed by atoms with Crippen LogP contribution in [0.3, 0.4) is 0 Å². The minimum Gasteiger partial charge on any atom is -0.481 e. The van der Waals surface area contributed by atoms with Gasteiger partial charge in [-0.05, 0) is 32.6 Å². The van der Waals surface area contributed by atoms with E-state index in [2.05, 4.69) is 0 Å². The van der Waals surface area contributed by atoms with Crippen LogP contribution in [0.5, 0.6) is 0 Å². The maximum atomic E-state index is 11.9. The van der Waals surface area contributed by atoms with Crippen LogP contribution in [0.15, 0.2) is 0 Å². The molecule has 1 heterocycles. The van der Waals surface area contributed by atoms with Crippen molar-refractivity contribution < 1.29 is 14.7 Å². The van der Waals surface area contributed by atoms with Crippen molar-refractivity contribution in [1.82, 2.24) is 4.90 Å². The minimum atomic E-state index is -0.777. The van der Waals surface area contributed by atoms with Crippen LogP contribution in [0, 0.1) is 17.3 Å². The van der Waals surface area contributed by atoms with Crippen molar-refractivity contribution in [2.75, 3.05) is 13.1 Å². The van der Waals surface area contributed by atoms with Gasteiger partial charge in [-0.1, -0.05) is 13.8 Å². The van der Waals surface area contributed by atoms with Crippen LogP contribution in [0.2, 0.25) is 0 Å². The smallest absolute Gasteiger partial charge is 0.309 e. The van der Waals surface area contributed by atoms with E-state index < -0.39 is 11.4 Å². The summed E-state index contributed by atoms with van der Waals surface area (Å²) >= 11 is 0. The highest BCUT2D eigenvalue weighted by Crippen LogP contribution is 2.34. The van der Waals surface area contributed by atoms with Gasteiger partial charge in [-0.25, -0.2) is 0 Å². The third-order valence-corrected chi connectivity index (χ3v) is 3.80. The van der Waals surface area contributed by atoms with Crippen molar-refractivity contribution in [2.45, 2.75) is 40.5 Å². The largest absolute Gasteiger partial charge is 0.481 e. The Kier molecular flexibility index (Phi) is 4.17. The zero-order valence-electron chi connectivity index (χ0n) is 11.2. The molecule has 0 aromatic rings. The standard InChI is InChI=1S/C13H23NO3/c1-9(2)11(15)14-7-5-6-10(8-14)13(3,4)12(16)17/h9-10H,5-8H2,1-4H3,(H,16,17). The number of likely N-dealkylation sites (tertiary alicyclic amines) is 1.